The fourth-order valence-corrected chi connectivity index (χ4v) is 8.05. The van der Waals surface area contributed by atoms with Gasteiger partial charge in [-0.1, -0.05) is 112 Å². The quantitative estimate of drug-likeness (QED) is 0.283. The highest BCUT2D eigenvalue weighted by Crippen LogP contribution is 2.36. The molecule has 4 bridgehead atoms. The Kier molecular flexibility index (Phi) is 6.93. The normalized spacial score (nSPS) is 17.2. The molecule has 1 heterocycles. The monoisotopic (exact) mass is 517 g/mol. The van der Waals surface area contributed by atoms with Crippen molar-refractivity contribution in [3.63, 3.8) is 0 Å². The van der Waals surface area contributed by atoms with Gasteiger partial charge < -0.3 is 4.74 Å². The zero-order valence-electron chi connectivity index (χ0n) is 22.7. The third-order valence-electron chi connectivity index (χ3n) is 7.84. The van der Waals surface area contributed by atoms with Gasteiger partial charge in [0.1, 0.15) is 6.61 Å². The van der Waals surface area contributed by atoms with Gasteiger partial charge in [-0.3, -0.25) is 0 Å². The molecule has 0 saturated carbocycles. The fourth-order valence-electron chi connectivity index (χ4n) is 5.48. The lowest BCUT2D eigenvalue weighted by molar-refractivity contribution is 0.236. The first-order chi connectivity index (χ1) is 18.5. The smallest absolute Gasteiger partial charge is 0.216 e. The van der Waals surface area contributed by atoms with Crippen molar-refractivity contribution in [3.05, 3.63) is 125 Å². The second kappa shape index (κ2) is 10.5. The number of aryl methyl sites for hydroxylation is 4. The van der Waals surface area contributed by atoms with Crippen LogP contribution in [0.25, 0.3) is 0 Å². The summed E-state index contributed by atoms with van der Waals surface area (Å²) in [5, 5.41) is 4.31. The van der Waals surface area contributed by atoms with E-state index < -0.39 is 7.92 Å². The highest BCUT2D eigenvalue weighted by Gasteiger charge is 2.31. The topological polar surface area (TPSA) is 21.6 Å². The number of aliphatic imine (C=N–C) groups is 1. The van der Waals surface area contributed by atoms with Crippen LogP contribution < -0.4 is 15.9 Å². The Morgan fingerprint density at radius 1 is 0.684 bits per heavy atom. The molecule has 4 aromatic carbocycles. The third-order valence-corrected chi connectivity index (χ3v) is 10.4. The number of rotatable bonds is 4. The lowest BCUT2D eigenvalue weighted by Crippen LogP contribution is -2.25. The van der Waals surface area contributed by atoms with Crippen LogP contribution in [0.5, 0.6) is 0 Å². The van der Waals surface area contributed by atoms with Crippen LogP contribution >= 0.6 is 7.92 Å². The molecule has 0 radical (unpaired) electrons. The molecular formula is C35H36NOP. The third kappa shape index (κ3) is 5.20. The van der Waals surface area contributed by atoms with Gasteiger partial charge in [0, 0.05) is 5.56 Å². The summed E-state index contributed by atoms with van der Waals surface area (Å²) in [5.74, 6) is 0.837. The summed E-state index contributed by atoms with van der Waals surface area (Å²) in [5.41, 5.74) is 6.85. The molecule has 38 heavy (non-hydrogen) atoms. The van der Waals surface area contributed by atoms with Crippen molar-refractivity contribution in [1.29, 1.82) is 0 Å². The van der Waals surface area contributed by atoms with Gasteiger partial charge >= 0.3 is 0 Å². The largest absolute Gasteiger partial charge is 0.475 e. The molecule has 0 aromatic heterocycles. The van der Waals surface area contributed by atoms with Gasteiger partial charge in [-0.2, -0.15) is 0 Å². The predicted octanol–water partition coefficient (Wildman–Crippen LogP) is 6.52. The van der Waals surface area contributed by atoms with E-state index in [4.69, 9.17) is 9.73 Å². The lowest BCUT2D eigenvalue weighted by atomic mass is 9.88. The van der Waals surface area contributed by atoms with E-state index in [9.17, 15) is 0 Å². The van der Waals surface area contributed by atoms with Crippen molar-refractivity contribution in [2.45, 2.75) is 52.5 Å². The van der Waals surface area contributed by atoms with Gasteiger partial charge in [0.05, 0.1) is 6.04 Å². The Hall–Kier alpha value is -3.22. The van der Waals surface area contributed by atoms with Crippen LogP contribution in [0, 0.1) is 5.41 Å². The van der Waals surface area contributed by atoms with Crippen molar-refractivity contribution < 1.29 is 4.74 Å². The number of benzene rings is 4. The summed E-state index contributed by atoms with van der Waals surface area (Å²) in [6, 6.07) is 36.6. The summed E-state index contributed by atoms with van der Waals surface area (Å²) in [4.78, 5) is 5.06. The standard InChI is InChI=1S/C35H36NOP/c1-35(2,3)33-24-37-34(36-33)31-22-25-14-15-26-17-19-28(21-20-27(31)18-16-25)32(23-26)38(29-10-6-4-7-11-29)30-12-8-5-9-13-30/h4-13,16-19,22-23,33H,14-15,20-21,24H2,1-3H3. The molecule has 9 rings (SSSR count). The molecule has 3 heteroatoms. The molecule has 0 fully saturated rings. The summed E-state index contributed by atoms with van der Waals surface area (Å²) >= 11 is 0. The number of ether oxygens (including phenoxy) is 1. The maximum absolute atomic E-state index is 6.23. The molecule has 2 nitrogen and oxygen atoms in total. The van der Waals surface area contributed by atoms with Crippen molar-refractivity contribution >= 4 is 29.7 Å². The average Bonchev–Trinajstić information content (AvgIpc) is 3.43. The minimum Gasteiger partial charge on any atom is -0.475 e. The van der Waals surface area contributed by atoms with Crippen LogP contribution in [0.4, 0.5) is 0 Å². The average molecular weight is 518 g/mol. The van der Waals surface area contributed by atoms with E-state index >= 15 is 0 Å². The molecule has 0 spiro atoms. The van der Waals surface area contributed by atoms with Gasteiger partial charge in [0.15, 0.2) is 0 Å². The molecule has 1 atom stereocenters. The Balaban J connectivity index is 1.41. The number of nitrogens with zero attached hydrogens (tertiary/aromatic N) is 1. The second-order valence-corrected chi connectivity index (χ2v) is 13.8. The molecule has 192 valence electrons. The molecule has 1 unspecified atom stereocenters. The van der Waals surface area contributed by atoms with Crippen LogP contribution in [0.2, 0.25) is 0 Å². The molecular weight excluding hydrogens is 481 g/mol. The van der Waals surface area contributed by atoms with Gasteiger partial charge in [-0.05, 0) is 83.3 Å². The van der Waals surface area contributed by atoms with Crippen molar-refractivity contribution in [3.8, 4) is 0 Å². The van der Waals surface area contributed by atoms with Crippen LogP contribution in [-0.4, -0.2) is 18.5 Å². The van der Waals surface area contributed by atoms with Gasteiger partial charge in [-0.15, -0.1) is 0 Å². The maximum Gasteiger partial charge on any atom is 0.216 e. The second-order valence-electron chi connectivity index (χ2n) is 11.6. The Bertz CT molecular complexity index is 1410. The van der Waals surface area contributed by atoms with E-state index in [0.29, 0.717) is 6.61 Å². The SMILES string of the molecule is CC(C)(C)C1COC(c2cc3ccc2CCc2ccc(cc2P(c2ccccc2)c2ccccc2)CC3)=N1. The molecule has 1 aliphatic heterocycles. The zero-order valence-corrected chi connectivity index (χ0v) is 23.5. The first-order valence-electron chi connectivity index (χ1n) is 13.8. The highest BCUT2D eigenvalue weighted by molar-refractivity contribution is 7.79. The number of hydrogen-bond donors (Lipinski definition) is 0. The van der Waals surface area contributed by atoms with E-state index in [1.165, 1.54) is 43.7 Å². The maximum atomic E-state index is 6.23. The molecule has 0 amide bonds. The predicted molar refractivity (Wildman–Crippen MR) is 162 cm³/mol. The highest BCUT2D eigenvalue weighted by atomic mass is 31.1. The molecule has 4 aliphatic carbocycles. The minimum absolute atomic E-state index is 0.0997. The molecule has 0 saturated heterocycles. The molecule has 0 N–H and O–H groups in total. The minimum atomic E-state index is -0.640. The van der Waals surface area contributed by atoms with E-state index in [0.717, 1.165) is 31.6 Å². The Labute approximate surface area is 228 Å². The van der Waals surface area contributed by atoms with Gasteiger partial charge in [0.25, 0.3) is 0 Å². The molecule has 5 aliphatic rings. The fraction of sp³-hybridized carbons (Fsp3) is 0.286. The first-order valence-corrected chi connectivity index (χ1v) is 15.1. The first kappa shape index (κ1) is 25.1. The molecule has 4 aromatic rings. The van der Waals surface area contributed by atoms with Crippen LogP contribution in [0.15, 0.2) is 102 Å². The lowest BCUT2D eigenvalue weighted by Gasteiger charge is -2.24. The van der Waals surface area contributed by atoms with Crippen molar-refractivity contribution in [2.75, 3.05) is 6.61 Å². The Morgan fingerprint density at radius 2 is 1.26 bits per heavy atom. The summed E-state index contributed by atoms with van der Waals surface area (Å²) < 4.78 is 6.23. The van der Waals surface area contributed by atoms with Crippen molar-refractivity contribution in [1.82, 2.24) is 0 Å². The van der Waals surface area contributed by atoms with E-state index in [1.807, 2.05) is 0 Å². The van der Waals surface area contributed by atoms with Crippen LogP contribution in [0.1, 0.15) is 48.6 Å². The van der Waals surface area contributed by atoms with Gasteiger partial charge in [-0.25, -0.2) is 4.99 Å². The summed E-state index contributed by atoms with van der Waals surface area (Å²) in [7, 11) is -0.640. The van der Waals surface area contributed by atoms with Crippen LogP contribution in [-0.2, 0) is 30.4 Å². The van der Waals surface area contributed by atoms with Crippen molar-refractivity contribution in [2.24, 2.45) is 10.4 Å². The van der Waals surface area contributed by atoms with E-state index in [1.54, 1.807) is 0 Å². The zero-order chi connectivity index (χ0) is 26.1. The van der Waals surface area contributed by atoms with E-state index in [-0.39, 0.29) is 11.5 Å². The number of hydrogen-bond acceptors (Lipinski definition) is 2. The summed E-state index contributed by atoms with van der Waals surface area (Å²) in [6.07, 6.45) is 4.00. The van der Waals surface area contributed by atoms with Crippen LogP contribution in [0.3, 0.4) is 0 Å². The summed E-state index contributed by atoms with van der Waals surface area (Å²) in [6.45, 7) is 7.42. The van der Waals surface area contributed by atoms with Gasteiger partial charge in [0.2, 0.25) is 5.90 Å². The Morgan fingerprint density at radius 3 is 1.87 bits per heavy atom. The van der Waals surface area contributed by atoms with E-state index in [2.05, 4.69) is 118 Å².